The van der Waals surface area contributed by atoms with E-state index >= 15 is 0 Å². The van der Waals surface area contributed by atoms with Gasteiger partial charge in [0.25, 0.3) is 0 Å². The summed E-state index contributed by atoms with van der Waals surface area (Å²) < 4.78 is 2.19. The zero-order chi connectivity index (χ0) is 11.0. The minimum atomic E-state index is 0.638. The van der Waals surface area contributed by atoms with Gasteiger partial charge in [0.2, 0.25) is 0 Å². The van der Waals surface area contributed by atoms with E-state index in [1.807, 2.05) is 18.6 Å². The monoisotopic (exact) mass is 216 g/mol. The fraction of sp³-hybridized carbons (Fsp3) is 0.500. The minimum Gasteiger partial charge on any atom is -0.317 e. The van der Waals surface area contributed by atoms with Gasteiger partial charge in [-0.25, -0.2) is 4.98 Å². The van der Waals surface area contributed by atoms with Crippen molar-refractivity contribution < 1.29 is 0 Å². The third kappa shape index (κ3) is 1.50. The summed E-state index contributed by atoms with van der Waals surface area (Å²) in [7, 11) is 0. The summed E-state index contributed by atoms with van der Waals surface area (Å²) in [6.45, 7) is 4.33. The van der Waals surface area contributed by atoms with Crippen LogP contribution >= 0.6 is 0 Å². The van der Waals surface area contributed by atoms with E-state index in [9.17, 15) is 0 Å². The molecule has 0 saturated carbocycles. The molecule has 84 valence electrons. The third-order valence-corrected chi connectivity index (χ3v) is 3.38. The molecule has 0 radical (unpaired) electrons. The zero-order valence-corrected chi connectivity index (χ0v) is 9.48. The van der Waals surface area contributed by atoms with E-state index in [4.69, 9.17) is 0 Å². The predicted octanol–water partition coefficient (Wildman–Crippen LogP) is 1.50. The Bertz CT molecular complexity index is 497. The fourth-order valence-electron chi connectivity index (χ4n) is 2.63. The number of imidazole rings is 1. The Balaban J connectivity index is 2.10. The van der Waals surface area contributed by atoms with Gasteiger partial charge in [-0.1, -0.05) is 0 Å². The van der Waals surface area contributed by atoms with Crippen molar-refractivity contribution in [2.45, 2.75) is 25.7 Å². The number of nitrogens with one attached hydrogen (secondary N) is 1. The molecule has 0 unspecified atom stereocenters. The standard InChI is InChI=1S/C12H16N4/c1-9-12(10-2-4-13-5-3-10)16-7-6-14-8-11(16)15-9/h6-8,10,13H,2-5H2,1H3. The van der Waals surface area contributed by atoms with Crippen LogP contribution in [0.15, 0.2) is 18.6 Å². The predicted molar refractivity (Wildman–Crippen MR) is 62.6 cm³/mol. The van der Waals surface area contributed by atoms with Gasteiger partial charge < -0.3 is 9.72 Å². The molecule has 0 spiro atoms. The van der Waals surface area contributed by atoms with Crippen LogP contribution in [0.2, 0.25) is 0 Å². The van der Waals surface area contributed by atoms with Crippen LogP contribution in [-0.4, -0.2) is 27.5 Å². The second-order valence-electron chi connectivity index (χ2n) is 4.41. The molecule has 0 bridgehead atoms. The Morgan fingerprint density at radius 2 is 2.19 bits per heavy atom. The molecular formula is C12H16N4. The summed E-state index contributed by atoms with van der Waals surface area (Å²) in [6, 6.07) is 0. The summed E-state index contributed by atoms with van der Waals surface area (Å²) >= 11 is 0. The SMILES string of the molecule is Cc1nc2cnccn2c1C1CCNCC1. The molecule has 2 aromatic rings. The van der Waals surface area contributed by atoms with E-state index in [0.717, 1.165) is 24.4 Å². The van der Waals surface area contributed by atoms with Gasteiger partial charge in [-0.3, -0.25) is 4.98 Å². The summed E-state index contributed by atoms with van der Waals surface area (Å²) in [5.41, 5.74) is 3.49. The minimum absolute atomic E-state index is 0.638. The van der Waals surface area contributed by atoms with Crippen LogP contribution in [0, 0.1) is 6.92 Å². The highest BCUT2D eigenvalue weighted by Gasteiger charge is 2.21. The third-order valence-electron chi connectivity index (χ3n) is 3.38. The second-order valence-corrected chi connectivity index (χ2v) is 4.41. The Labute approximate surface area is 94.7 Å². The van der Waals surface area contributed by atoms with Crippen LogP contribution in [0.25, 0.3) is 5.65 Å². The lowest BCUT2D eigenvalue weighted by atomic mass is 9.93. The van der Waals surface area contributed by atoms with E-state index in [-0.39, 0.29) is 0 Å². The van der Waals surface area contributed by atoms with E-state index in [1.54, 1.807) is 0 Å². The zero-order valence-electron chi connectivity index (χ0n) is 9.48. The van der Waals surface area contributed by atoms with Crippen molar-refractivity contribution >= 4 is 5.65 Å². The highest BCUT2D eigenvalue weighted by Crippen LogP contribution is 2.28. The molecule has 3 rings (SSSR count). The van der Waals surface area contributed by atoms with Crippen molar-refractivity contribution in [2.75, 3.05) is 13.1 Å². The molecule has 3 heterocycles. The summed E-state index contributed by atoms with van der Waals surface area (Å²) in [5.74, 6) is 0.638. The average molecular weight is 216 g/mol. The number of aryl methyl sites for hydroxylation is 1. The molecule has 2 aromatic heterocycles. The van der Waals surface area contributed by atoms with Crippen molar-refractivity contribution in [2.24, 2.45) is 0 Å². The van der Waals surface area contributed by atoms with Gasteiger partial charge in [-0.05, 0) is 32.9 Å². The summed E-state index contributed by atoms with van der Waals surface area (Å²) in [4.78, 5) is 8.69. The molecule has 1 fully saturated rings. The summed E-state index contributed by atoms with van der Waals surface area (Å²) in [5, 5.41) is 3.40. The lowest BCUT2D eigenvalue weighted by Gasteiger charge is -2.22. The van der Waals surface area contributed by atoms with Crippen LogP contribution in [0.4, 0.5) is 0 Å². The number of aromatic nitrogens is 3. The molecule has 1 saturated heterocycles. The molecule has 0 atom stereocenters. The first-order valence-corrected chi connectivity index (χ1v) is 5.85. The molecule has 0 aromatic carbocycles. The molecular weight excluding hydrogens is 200 g/mol. The molecule has 16 heavy (non-hydrogen) atoms. The van der Waals surface area contributed by atoms with Gasteiger partial charge in [0.1, 0.15) is 0 Å². The second kappa shape index (κ2) is 3.87. The Morgan fingerprint density at radius 3 is 3.00 bits per heavy atom. The molecule has 0 aliphatic carbocycles. The normalized spacial score (nSPS) is 18.1. The van der Waals surface area contributed by atoms with Crippen molar-refractivity contribution in [1.29, 1.82) is 0 Å². The fourth-order valence-corrected chi connectivity index (χ4v) is 2.63. The number of piperidine rings is 1. The van der Waals surface area contributed by atoms with Crippen LogP contribution in [0.5, 0.6) is 0 Å². The number of rotatable bonds is 1. The Kier molecular flexibility index (Phi) is 2.36. The van der Waals surface area contributed by atoms with Crippen LogP contribution in [-0.2, 0) is 0 Å². The first-order valence-electron chi connectivity index (χ1n) is 5.85. The smallest absolute Gasteiger partial charge is 0.155 e. The van der Waals surface area contributed by atoms with E-state index < -0.39 is 0 Å². The van der Waals surface area contributed by atoms with E-state index in [0.29, 0.717) is 5.92 Å². The maximum absolute atomic E-state index is 4.57. The van der Waals surface area contributed by atoms with E-state index in [1.165, 1.54) is 18.5 Å². The molecule has 1 aliphatic rings. The average Bonchev–Trinajstić information content (AvgIpc) is 2.66. The number of hydrogen-bond donors (Lipinski definition) is 1. The maximum atomic E-state index is 4.57. The molecule has 4 heteroatoms. The van der Waals surface area contributed by atoms with Gasteiger partial charge in [-0.15, -0.1) is 0 Å². The lowest BCUT2D eigenvalue weighted by molar-refractivity contribution is 0.450. The molecule has 1 aliphatic heterocycles. The van der Waals surface area contributed by atoms with Crippen LogP contribution < -0.4 is 5.32 Å². The first kappa shape index (κ1) is 9.78. The highest BCUT2D eigenvalue weighted by molar-refractivity contribution is 5.41. The molecule has 4 nitrogen and oxygen atoms in total. The van der Waals surface area contributed by atoms with Gasteiger partial charge in [0.15, 0.2) is 5.65 Å². The number of hydrogen-bond acceptors (Lipinski definition) is 3. The van der Waals surface area contributed by atoms with Crippen LogP contribution in [0.1, 0.15) is 30.1 Å². The molecule has 1 N–H and O–H groups in total. The van der Waals surface area contributed by atoms with Gasteiger partial charge in [0, 0.05) is 24.0 Å². The summed E-state index contributed by atoms with van der Waals surface area (Å²) in [6.07, 6.45) is 8.09. The van der Waals surface area contributed by atoms with E-state index in [2.05, 4.69) is 26.6 Å². The number of nitrogens with zero attached hydrogens (tertiary/aromatic N) is 3. The Morgan fingerprint density at radius 1 is 1.38 bits per heavy atom. The van der Waals surface area contributed by atoms with Gasteiger partial charge >= 0.3 is 0 Å². The number of fused-ring (bicyclic) bond motifs is 1. The van der Waals surface area contributed by atoms with Crippen molar-refractivity contribution in [1.82, 2.24) is 19.7 Å². The Hall–Kier alpha value is -1.42. The maximum Gasteiger partial charge on any atom is 0.155 e. The highest BCUT2D eigenvalue weighted by atomic mass is 15.0. The van der Waals surface area contributed by atoms with Gasteiger partial charge in [0.05, 0.1) is 11.9 Å². The molecule has 0 amide bonds. The van der Waals surface area contributed by atoms with Gasteiger partial charge in [-0.2, -0.15) is 0 Å². The lowest BCUT2D eigenvalue weighted by Crippen LogP contribution is -2.27. The first-order chi connectivity index (χ1) is 7.86. The largest absolute Gasteiger partial charge is 0.317 e. The topological polar surface area (TPSA) is 42.2 Å². The van der Waals surface area contributed by atoms with Crippen molar-refractivity contribution in [3.8, 4) is 0 Å². The quantitative estimate of drug-likeness (QED) is 0.785. The van der Waals surface area contributed by atoms with Crippen molar-refractivity contribution in [3.05, 3.63) is 30.0 Å². The van der Waals surface area contributed by atoms with Crippen molar-refractivity contribution in [3.63, 3.8) is 0 Å². The van der Waals surface area contributed by atoms with Crippen LogP contribution in [0.3, 0.4) is 0 Å².